The van der Waals surface area contributed by atoms with Crippen molar-refractivity contribution in [3.63, 3.8) is 0 Å². The number of benzene rings is 2. The summed E-state index contributed by atoms with van der Waals surface area (Å²) in [6.45, 7) is 4.47. The van der Waals surface area contributed by atoms with Crippen molar-refractivity contribution in [3.05, 3.63) is 70.4 Å². The van der Waals surface area contributed by atoms with E-state index in [9.17, 15) is 0 Å². The van der Waals surface area contributed by atoms with E-state index in [1.165, 1.54) is 64.8 Å². The number of thiophene rings is 2. The van der Waals surface area contributed by atoms with Gasteiger partial charge in [0.25, 0.3) is 0 Å². The Morgan fingerprint density at radius 2 is 1.11 bits per heavy atom. The fourth-order valence-electron chi connectivity index (χ4n) is 4.27. The molecule has 2 N–H and O–H groups in total. The van der Waals surface area contributed by atoms with Gasteiger partial charge in [-0.1, -0.05) is 12.1 Å². The predicted octanol–water partition coefficient (Wildman–Crippen LogP) is 7.88. The fourth-order valence-corrected chi connectivity index (χ4v) is 5.67. The highest BCUT2D eigenvalue weighted by atomic mass is 32.1. The molecule has 0 fully saturated rings. The van der Waals surface area contributed by atoms with E-state index in [1.807, 2.05) is 0 Å². The number of aromatic nitrogens is 2. The van der Waals surface area contributed by atoms with E-state index >= 15 is 0 Å². The van der Waals surface area contributed by atoms with E-state index in [0.29, 0.717) is 0 Å². The number of hydrogen-bond donors (Lipinski definition) is 2. The van der Waals surface area contributed by atoms with Crippen LogP contribution < -0.4 is 0 Å². The SMILES string of the molecule is Cc1c2cc3cc(-c4cccs4)[nH]c3c(C)c2cc2cc(-c3cccs3)[nH]c12. The molecule has 2 aromatic carbocycles. The monoisotopic (exact) mass is 398 g/mol. The van der Waals surface area contributed by atoms with Crippen LogP contribution in [0.25, 0.3) is 53.7 Å². The zero-order valence-corrected chi connectivity index (χ0v) is 17.2. The second kappa shape index (κ2) is 5.84. The lowest BCUT2D eigenvalue weighted by molar-refractivity contribution is 1.43. The second-order valence-electron chi connectivity index (χ2n) is 7.35. The molecular formula is C24H18N2S2. The molecular weight excluding hydrogens is 380 g/mol. The molecule has 0 spiro atoms. The molecule has 0 aliphatic rings. The topological polar surface area (TPSA) is 31.6 Å². The van der Waals surface area contributed by atoms with Gasteiger partial charge in [0.2, 0.25) is 0 Å². The molecule has 0 unspecified atom stereocenters. The smallest absolute Gasteiger partial charge is 0.0566 e. The van der Waals surface area contributed by atoms with E-state index in [1.54, 1.807) is 22.7 Å². The average molecular weight is 399 g/mol. The van der Waals surface area contributed by atoms with Crippen LogP contribution in [0.5, 0.6) is 0 Å². The summed E-state index contributed by atoms with van der Waals surface area (Å²) in [5.41, 5.74) is 7.52. The molecule has 0 radical (unpaired) electrons. The molecule has 0 saturated heterocycles. The number of fused-ring (bicyclic) bond motifs is 3. The summed E-state index contributed by atoms with van der Waals surface area (Å²) in [6.07, 6.45) is 0. The Kier molecular flexibility index (Phi) is 3.37. The van der Waals surface area contributed by atoms with Crippen LogP contribution in [0, 0.1) is 13.8 Å². The Morgan fingerprint density at radius 1 is 0.643 bits per heavy atom. The molecule has 0 aliphatic carbocycles. The van der Waals surface area contributed by atoms with Gasteiger partial charge in [-0.05, 0) is 82.9 Å². The molecule has 0 aliphatic heterocycles. The summed E-state index contributed by atoms with van der Waals surface area (Å²) < 4.78 is 0. The molecule has 4 heteroatoms. The molecule has 136 valence electrons. The largest absolute Gasteiger partial charge is 0.354 e. The van der Waals surface area contributed by atoms with Crippen LogP contribution >= 0.6 is 22.7 Å². The maximum atomic E-state index is 3.66. The first kappa shape index (κ1) is 16.2. The minimum Gasteiger partial charge on any atom is -0.354 e. The lowest BCUT2D eigenvalue weighted by Gasteiger charge is -2.08. The number of rotatable bonds is 2. The molecule has 0 bridgehead atoms. The molecule has 6 aromatic rings. The maximum absolute atomic E-state index is 3.66. The molecule has 2 nitrogen and oxygen atoms in total. The first-order valence-corrected chi connectivity index (χ1v) is 11.1. The summed E-state index contributed by atoms with van der Waals surface area (Å²) in [5.74, 6) is 0. The number of aromatic amines is 2. The highest BCUT2D eigenvalue weighted by molar-refractivity contribution is 7.13. The lowest BCUT2D eigenvalue weighted by Crippen LogP contribution is -1.86. The summed E-state index contributed by atoms with van der Waals surface area (Å²) in [7, 11) is 0. The highest BCUT2D eigenvalue weighted by Gasteiger charge is 2.14. The van der Waals surface area contributed by atoms with Crippen molar-refractivity contribution < 1.29 is 0 Å². The van der Waals surface area contributed by atoms with Gasteiger partial charge in [0.1, 0.15) is 0 Å². The minimum atomic E-state index is 1.20. The van der Waals surface area contributed by atoms with Crippen molar-refractivity contribution in [1.29, 1.82) is 0 Å². The van der Waals surface area contributed by atoms with Gasteiger partial charge in [-0.3, -0.25) is 0 Å². The Labute approximate surface area is 170 Å². The minimum absolute atomic E-state index is 1.20. The predicted molar refractivity (Wildman–Crippen MR) is 124 cm³/mol. The van der Waals surface area contributed by atoms with Gasteiger partial charge in [0, 0.05) is 21.8 Å². The van der Waals surface area contributed by atoms with Crippen molar-refractivity contribution in [2.75, 3.05) is 0 Å². The van der Waals surface area contributed by atoms with Crippen molar-refractivity contribution in [2.45, 2.75) is 13.8 Å². The van der Waals surface area contributed by atoms with E-state index in [4.69, 9.17) is 0 Å². The Bertz CT molecular complexity index is 1350. The van der Waals surface area contributed by atoms with Crippen LogP contribution in [0.1, 0.15) is 11.1 Å². The van der Waals surface area contributed by atoms with Gasteiger partial charge < -0.3 is 9.97 Å². The van der Waals surface area contributed by atoms with Gasteiger partial charge in [0.05, 0.1) is 21.1 Å². The molecule has 4 aromatic heterocycles. The summed E-state index contributed by atoms with van der Waals surface area (Å²) >= 11 is 3.55. The van der Waals surface area contributed by atoms with Crippen LogP contribution in [-0.4, -0.2) is 9.97 Å². The Hall–Kier alpha value is -2.82. The van der Waals surface area contributed by atoms with Crippen LogP contribution in [0.2, 0.25) is 0 Å². The van der Waals surface area contributed by atoms with E-state index in [0.717, 1.165) is 0 Å². The third-order valence-electron chi connectivity index (χ3n) is 5.72. The first-order valence-electron chi connectivity index (χ1n) is 9.35. The summed E-state index contributed by atoms with van der Waals surface area (Å²) in [4.78, 5) is 9.88. The van der Waals surface area contributed by atoms with Crippen molar-refractivity contribution in [3.8, 4) is 21.1 Å². The van der Waals surface area contributed by atoms with Crippen LogP contribution in [0.15, 0.2) is 59.3 Å². The number of hydrogen-bond acceptors (Lipinski definition) is 2. The van der Waals surface area contributed by atoms with Gasteiger partial charge in [-0.15, -0.1) is 22.7 Å². The third-order valence-corrected chi connectivity index (χ3v) is 7.52. The molecule has 0 atom stereocenters. The van der Waals surface area contributed by atoms with Gasteiger partial charge >= 0.3 is 0 Å². The first-order chi connectivity index (χ1) is 13.7. The fraction of sp³-hybridized carbons (Fsp3) is 0.0833. The molecule has 28 heavy (non-hydrogen) atoms. The summed E-state index contributed by atoms with van der Waals surface area (Å²) in [6, 6.07) is 17.8. The molecule has 0 amide bonds. The van der Waals surface area contributed by atoms with Crippen molar-refractivity contribution in [1.82, 2.24) is 9.97 Å². The van der Waals surface area contributed by atoms with E-state index in [2.05, 4.69) is 83.1 Å². The van der Waals surface area contributed by atoms with E-state index in [-0.39, 0.29) is 0 Å². The van der Waals surface area contributed by atoms with Crippen molar-refractivity contribution in [2.24, 2.45) is 0 Å². The third kappa shape index (κ3) is 2.25. The van der Waals surface area contributed by atoms with E-state index < -0.39 is 0 Å². The van der Waals surface area contributed by atoms with Gasteiger partial charge in [0.15, 0.2) is 0 Å². The molecule has 6 rings (SSSR count). The average Bonchev–Trinajstić information content (AvgIpc) is 3.47. The number of H-pyrrole nitrogens is 2. The number of nitrogens with one attached hydrogen (secondary N) is 2. The number of aryl methyl sites for hydroxylation is 2. The highest BCUT2D eigenvalue weighted by Crippen LogP contribution is 2.38. The normalized spacial score (nSPS) is 11.9. The van der Waals surface area contributed by atoms with Crippen LogP contribution in [-0.2, 0) is 0 Å². The summed E-state index contributed by atoms with van der Waals surface area (Å²) in [5, 5.41) is 9.47. The van der Waals surface area contributed by atoms with Gasteiger partial charge in [-0.2, -0.15) is 0 Å². The quantitative estimate of drug-likeness (QED) is 0.297. The van der Waals surface area contributed by atoms with Gasteiger partial charge in [-0.25, -0.2) is 0 Å². The Balaban J connectivity index is 1.65. The van der Waals surface area contributed by atoms with Crippen LogP contribution in [0.4, 0.5) is 0 Å². The lowest BCUT2D eigenvalue weighted by atomic mass is 9.97. The standard InChI is InChI=1S/C24H18N2S2/c1-13-17-9-16-12-20(22-6-4-8-28-22)26-24(16)14(2)18(17)10-15-11-19(25-23(13)15)21-5-3-7-27-21/h3-12,25-26H,1-2H3. The zero-order valence-electron chi connectivity index (χ0n) is 15.6. The second-order valence-corrected chi connectivity index (χ2v) is 9.24. The molecule has 0 saturated carbocycles. The molecule has 4 heterocycles. The zero-order chi connectivity index (χ0) is 18.8. The Morgan fingerprint density at radius 3 is 1.50 bits per heavy atom. The maximum Gasteiger partial charge on any atom is 0.0566 e. The van der Waals surface area contributed by atoms with Crippen molar-refractivity contribution >= 4 is 55.3 Å². The van der Waals surface area contributed by atoms with Crippen LogP contribution in [0.3, 0.4) is 0 Å².